The van der Waals surface area contributed by atoms with Gasteiger partial charge in [-0.2, -0.15) is 0 Å². The van der Waals surface area contributed by atoms with Crippen molar-refractivity contribution in [3.63, 3.8) is 0 Å². The summed E-state index contributed by atoms with van der Waals surface area (Å²) in [6, 6.07) is 11.6. The number of benzene rings is 1. The van der Waals surface area contributed by atoms with Gasteiger partial charge in [0.25, 0.3) is 0 Å². The monoisotopic (exact) mass is 442 g/mol. The largest absolute Gasteiger partial charge is 0.507 e. The zero-order valence-corrected chi connectivity index (χ0v) is 18.4. The highest BCUT2D eigenvalue weighted by molar-refractivity contribution is 5.74. The van der Waals surface area contributed by atoms with E-state index < -0.39 is 0 Å². The number of aromatic nitrogens is 4. The van der Waals surface area contributed by atoms with Crippen molar-refractivity contribution in [2.24, 2.45) is 0 Å². The Morgan fingerprint density at radius 1 is 1.15 bits per heavy atom. The Bertz CT molecular complexity index is 1210. The zero-order valence-electron chi connectivity index (χ0n) is 18.4. The summed E-state index contributed by atoms with van der Waals surface area (Å²) in [4.78, 5) is 13.7. The molecule has 0 amide bonds. The molecule has 2 saturated heterocycles. The Balaban J connectivity index is 1.40. The molecule has 0 radical (unpaired) electrons. The summed E-state index contributed by atoms with van der Waals surface area (Å²) >= 11 is 0. The molecule has 2 fully saturated rings. The number of fused-ring (bicyclic) bond motifs is 2. The topological polar surface area (TPSA) is 116 Å². The number of phenolic OH excluding ortho intramolecular Hbond substituents is 1. The van der Waals surface area contributed by atoms with E-state index in [1.807, 2.05) is 31.3 Å². The van der Waals surface area contributed by atoms with Crippen LogP contribution in [0.5, 0.6) is 5.75 Å². The molecule has 2 unspecified atom stereocenters. The van der Waals surface area contributed by atoms with Crippen LogP contribution in [0, 0.1) is 11.8 Å². The fourth-order valence-corrected chi connectivity index (χ4v) is 4.70. The molecule has 168 valence electrons. The number of aromatic hydroxyl groups is 1. The first kappa shape index (κ1) is 21.0. The second-order valence-corrected chi connectivity index (χ2v) is 8.29. The summed E-state index contributed by atoms with van der Waals surface area (Å²) in [5.74, 6) is 8.06. The summed E-state index contributed by atoms with van der Waals surface area (Å²) < 4.78 is 0. The molecule has 0 aliphatic carbocycles. The summed E-state index contributed by atoms with van der Waals surface area (Å²) in [7, 11) is 1.86. The first-order valence-electron chi connectivity index (χ1n) is 11.1. The Kier molecular flexibility index (Phi) is 5.67. The number of nitrogens with zero attached hydrogens (tertiary/aromatic N) is 6. The van der Waals surface area contributed by atoms with E-state index >= 15 is 0 Å². The molecule has 9 nitrogen and oxygen atoms in total. The number of hydrogen-bond acceptors (Lipinski definition) is 9. The molecule has 0 saturated carbocycles. The van der Waals surface area contributed by atoms with Gasteiger partial charge in [0.1, 0.15) is 11.6 Å². The van der Waals surface area contributed by atoms with Crippen molar-refractivity contribution in [1.82, 2.24) is 25.5 Å². The van der Waals surface area contributed by atoms with Gasteiger partial charge in [-0.3, -0.25) is 0 Å². The van der Waals surface area contributed by atoms with Gasteiger partial charge < -0.3 is 26.0 Å². The number of rotatable bonds is 4. The Labute approximate surface area is 192 Å². The first-order valence-corrected chi connectivity index (χ1v) is 11.1. The third-order valence-corrected chi connectivity index (χ3v) is 6.17. The van der Waals surface area contributed by atoms with Gasteiger partial charge in [-0.25, -0.2) is 9.97 Å². The van der Waals surface area contributed by atoms with Gasteiger partial charge in [-0.15, -0.1) is 10.2 Å². The lowest BCUT2D eigenvalue weighted by Gasteiger charge is -2.42. The summed E-state index contributed by atoms with van der Waals surface area (Å²) in [6.45, 7) is 2.20. The van der Waals surface area contributed by atoms with E-state index in [-0.39, 0.29) is 5.75 Å². The predicted octanol–water partition coefficient (Wildman–Crippen LogP) is 1.65. The second-order valence-electron chi connectivity index (χ2n) is 8.29. The van der Waals surface area contributed by atoms with Crippen LogP contribution in [0.4, 0.5) is 17.3 Å². The molecule has 1 aromatic carbocycles. The lowest BCUT2D eigenvalue weighted by molar-refractivity contribution is 0.477. The van der Waals surface area contributed by atoms with Crippen LogP contribution in [0.1, 0.15) is 18.7 Å². The fourth-order valence-electron chi connectivity index (χ4n) is 4.70. The SMILES string of the molecule is CNCC#Cc1nccc(N2C3CCC2CN(c2cc(-c4ccccc4O)nnc2N)C3)n1. The second kappa shape index (κ2) is 8.92. The number of piperazine rings is 1. The van der Waals surface area contributed by atoms with Gasteiger partial charge in [-0.1, -0.05) is 18.1 Å². The van der Waals surface area contributed by atoms with E-state index in [4.69, 9.17) is 10.7 Å². The highest BCUT2D eigenvalue weighted by Crippen LogP contribution is 2.38. The smallest absolute Gasteiger partial charge is 0.206 e. The van der Waals surface area contributed by atoms with Crippen molar-refractivity contribution in [3.05, 3.63) is 48.4 Å². The quantitative estimate of drug-likeness (QED) is 0.519. The van der Waals surface area contributed by atoms with Gasteiger partial charge in [0.2, 0.25) is 5.82 Å². The van der Waals surface area contributed by atoms with Crippen LogP contribution in [0.3, 0.4) is 0 Å². The fraction of sp³-hybridized carbons (Fsp3) is 0.333. The predicted molar refractivity (Wildman–Crippen MR) is 128 cm³/mol. The first-order chi connectivity index (χ1) is 16.1. The van der Waals surface area contributed by atoms with Crippen molar-refractivity contribution in [2.75, 3.05) is 42.2 Å². The highest BCUT2D eigenvalue weighted by Gasteiger charge is 2.41. The van der Waals surface area contributed by atoms with Crippen LogP contribution in [0.2, 0.25) is 0 Å². The van der Waals surface area contributed by atoms with Crippen LogP contribution in [-0.2, 0) is 0 Å². The number of nitrogens with one attached hydrogen (secondary N) is 1. The summed E-state index contributed by atoms with van der Waals surface area (Å²) in [5.41, 5.74) is 8.33. The summed E-state index contributed by atoms with van der Waals surface area (Å²) in [5, 5.41) is 21.6. The van der Waals surface area contributed by atoms with Crippen molar-refractivity contribution in [3.8, 4) is 28.8 Å². The van der Waals surface area contributed by atoms with Crippen LogP contribution >= 0.6 is 0 Å². The maximum atomic E-state index is 10.2. The van der Waals surface area contributed by atoms with E-state index in [0.29, 0.717) is 41.5 Å². The minimum atomic E-state index is 0.171. The molecule has 33 heavy (non-hydrogen) atoms. The number of para-hydroxylation sites is 1. The Morgan fingerprint density at radius 3 is 2.70 bits per heavy atom. The number of nitrogens with two attached hydrogens (primary N) is 1. The van der Waals surface area contributed by atoms with Gasteiger partial charge in [0.15, 0.2) is 5.82 Å². The Hall–Kier alpha value is -3.90. The van der Waals surface area contributed by atoms with Gasteiger partial charge in [-0.05, 0) is 50.1 Å². The molecule has 4 N–H and O–H groups in total. The molecule has 2 aromatic heterocycles. The van der Waals surface area contributed by atoms with E-state index in [1.54, 1.807) is 18.3 Å². The van der Waals surface area contributed by atoms with E-state index in [2.05, 4.69) is 42.1 Å². The number of nitrogen functional groups attached to an aromatic ring is 1. The van der Waals surface area contributed by atoms with Crippen molar-refractivity contribution >= 4 is 17.3 Å². The Morgan fingerprint density at radius 2 is 1.94 bits per heavy atom. The zero-order chi connectivity index (χ0) is 22.8. The molecule has 2 aliphatic heterocycles. The van der Waals surface area contributed by atoms with Crippen LogP contribution in [0.25, 0.3) is 11.3 Å². The van der Waals surface area contributed by atoms with Crippen LogP contribution in [0.15, 0.2) is 42.6 Å². The molecule has 5 rings (SSSR count). The lowest BCUT2D eigenvalue weighted by Crippen LogP contribution is -2.54. The van der Waals surface area contributed by atoms with Crippen molar-refractivity contribution in [2.45, 2.75) is 24.9 Å². The number of phenols is 1. The molecule has 4 heterocycles. The minimum absolute atomic E-state index is 0.171. The molecule has 2 bridgehead atoms. The molecule has 3 aromatic rings. The van der Waals surface area contributed by atoms with Gasteiger partial charge >= 0.3 is 0 Å². The molecular weight excluding hydrogens is 416 g/mol. The third-order valence-electron chi connectivity index (χ3n) is 6.17. The van der Waals surface area contributed by atoms with Crippen molar-refractivity contribution < 1.29 is 5.11 Å². The van der Waals surface area contributed by atoms with E-state index in [9.17, 15) is 5.11 Å². The highest BCUT2D eigenvalue weighted by atomic mass is 16.3. The lowest BCUT2D eigenvalue weighted by atomic mass is 10.1. The number of anilines is 3. The maximum absolute atomic E-state index is 10.2. The van der Waals surface area contributed by atoms with Gasteiger partial charge in [0, 0.05) is 36.9 Å². The average molecular weight is 443 g/mol. The number of hydrogen-bond donors (Lipinski definition) is 3. The van der Waals surface area contributed by atoms with Gasteiger partial charge in [0.05, 0.1) is 17.9 Å². The third kappa shape index (κ3) is 4.13. The molecule has 0 spiro atoms. The maximum Gasteiger partial charge on any atom is 0.206 e. The average Bonchev–Trinajstić information content (AvgIpc) is 3.10. The molecule has 2 atom stereocenters. The van der Waals surface area contributed by atoms with E-state index in [1.165, 1.54) is 0 Å². The standard InChI is InChI=1S/C24H26N8O/c1-26-11-4-7-22-27-12-10-23(28-22)32-16-8-9-17(32)15-31(14-16)20-13-19(29-30-24(20)25)18-5-2-3-6-21(18)33/h2-3,5-6,10,12-13,16-17,26,33H,8-9,11,14-15H2,1H3,(H2,25,30). The van der Waals surface area contributed by atoms with Crippen molar-refractivity contribution in [1.29, 1.82) is 0 Å². The van der Waals surface area contributed by atoms with Crippen LogP contribution in [-0.4, -0.2) is 64.0 Å². The minimum Gasteiger partial charge on any atom is -0.507 e. The normalized spacial score (nSPS) is 19.3. The molecular formula is C24H26N8O. The molecule has 9 heteroatoms. The summed E-state index contributed by atoms with van der Waals surface area (Å²) in [6.07, 6.45) is 3.94. The van der Waals surface area contributed by atoms with E-state index in [0.717, 1.165) is 37.4 Å². The molecule has 2 aliphatic rings. The van der Waals surface area contributed by atoms with Crippen LogP contribution < -0.4 is 20.9 Å².